The number of aromatic nitrogens is 2. The summed E-state index contributed by atoms with van der Waals surface area (Å²) in [4.78, 5) is 10.9. The Bertz CT molecular complexity index is 438. The van der Waals surface area contributed by atoms with Crippen LogP contribution in [0.25, 0.3) is 0 Å². The molecule has 0 radical (unpaired) electrons. The van der Waals surface area contributed by atoms with Gasteiger partial charge < -0.3 is 5.32 Å². The van der Waals surface area contributed by atoms with E-state index in [1.165, 1.54) is 9.75 Å². The van der Waals surface area contributed by atoms with Gasteiger partial charge in [-0.25, -0.2) is 9.97 Å². The molecule has 5 heteroatoms. The zero-order valence-corrected chi connectivity index (χ0v) is 10.6. The van der Waals surface area contributed by atoms with E-state index < -0.39 is 0 Å². The highest BCUT2D eigenvalue weighted by Crippen LogP contribution is 2.16. The van der Waals surface area contributed by atoms with Crippen LogP contribution in [0, 0.1) is 6.92 Å². The highest BCUT2D eigenvalue weighted by Gasteiger charge is 1.98. The molecule has 2 heterocycles. The van der Waals surface area contributed by atoms with Crippen LogP contribution in [-0.2, 0) is 6.54 Å². The maximum absolute atomic E-state index is 4.14. The normalized spacial score (nSPS) is 10.3. The van der Waals surface area contributed by atoms with Gasteiger partial charge in [0.05, 0.1) is 11.0 Å². The molecule has 0 fully saturated rings. The lowest BCUT2D eigenvalue weighted by molar-refractivity contribution is 1.06. The molecule has 0 amide bonds. The SMILES string of the molecule is Cc1ccc(CNc2ncc(Br)cn2)s1. The van der Waals surface area contributed by atoms with Gasteiger partial charge in [-0.1, -0.05) is 0 Å². The molecule has 0 aliphatic rings. The number of thiophene rings is 1. The number of nitrogens with one attached hydrogen (secondary N) is 1. The Morgan fingerprint density at radius 3 is 2.67 bits per heavy atom. The third-order valence-corrected chi connectivity index (χ3v) is 3.25. The second-order valence-electron chi connectivity index (χ2n) is 3.09. The number of halogens is 1. The molecule has 0 aliphatic carbocycles. The van der Waals surface area contributed by atoms with Gasteiger partial charge in [-0.05, 0) is 35.0 Å². The lowest BCUT2D eigenvalue weighted by Crippen LogP contribution is -2.01. The summed E-state index contributed by atoms with van der Waals surface area (Å²) in [5.74, 6) is 0.657. The van der Waals surface area contributed by atoms with Crippen molar-refractivity contribution in [1.82, 2.24) is 9.97 Å². The minimum atomic E-state index is 0.657. The molecule has 78 valence electrons. The Labute approximate surface area is 101 Å². The topological polar surface area (TPSA) is 37.8 Å². The fourth-order valence-corrected chi connectivity index (χ4v) is 2.18. The molecule has 0 aliphatic heterocycles. The highest BCUT2D eigenvalue weighted by atomic mass is 79.9. The summed E-state index contributed by atoms with van der Waals surface area (Å²) in [7, 11) is 0. The van der Waals surface area contributed by atoms with E-state index in [-0.39, 0.29) is 0 Å². The van der Waals surface area contributed by atoms with E-state index in [2.05, 4.69) is 50.3 Å². The number of hydrogen-bond acceptors (Lipinski definition) is 4. The summed E-state index contributed by atoms with van der Waals surface area (Å²) in [5.41, 5.74) is 0. The minimum absolute atomic E-state index is 0.657. The van der Waals surface area contributed by atoms with Crippen molar-refractivity contribution >= 4 is 33.2 Å². The Morgan fingerprint density at radius 1 is 1.33 bits per heavy atom. The summed E-state index contributed by atoms with van der Waals surface area (Å²) >= 11 is 5.08. The van der Waals surface area contributed by atoms with E-state index >= 15 is 0 Å². The second-order valence-corrected chi connectivity index (χ2v) is 5.38. The van der Waals surface area contributed by atoms with Crippen LogP contribution in [0.15, 0.2) is 29.0 Å². The van der Waals surface area contributed by atoms with Crippen LogP contribution < -0.4 is 5.32 Å². The number of aryl methyl sites for hydroxylation is 1. The van der Waals surface area contributed by atoms with E-state index in [9.17, 15) is 0 Å². The summed E-state index contributed by atoms with van der Waals surface area (Å²) in [6, 6.07) is 4.23. The van der Waals surface area contributed by atoms with Crippen LogP contribution in [0.5, 0.6) is 0 Å². The maximum Gasteiger partial charge on any atom is 0.222 e. The lowest BCUT2D eigenvalue weighted by atomic mass is 10.4. The van der Waals surface area contributed by atoms with Crippen molar-refractivity contribution in [2.45, 2.75) is 13.5 Å². The molecule has 2 rings (SSSR count). The van der Waals surface area contributed by atoms with E-state index in [0.29, 0.717) is 5.95 Å². The number of rotatable bonds is 3. The van der Waals surface area contributed by atoms with Gasteiger partial charge in [-0.15, -0.1) is 11.3 Å². The molecule has 0 aromatic carbocycles. The average Bonchev–Trinajstić information content (AvgIpc) is 2.64. The van der Waals surface area contributed by atoms with Crippen molar-refractivity contribution < 1.29 is 0 Å². The van der Waals surface area contributed by atoms with Crippen LogP contribution in [-0.4, -0.2) is 9.97 Å². The first-order valence-corrected chi connectivity index (χ1v) is 6.12. The molecule has 2 aromatic rings. The van der Waals surface area contributed by atoms with Gasteiger partial charge in [0.2, 0.25) is 5.95 Å². The van der Waals surface area contributed by atoms with Crippen molar-refractivity contribution in [1.29, 1.82) is 0 Å². The van der Waals surface area contributed by atoms with E-state index in [4.69, 9.17) is 0 Å². The predicted molar refractivity (Wildman–Crippen MR) is 66.1 cm³/mol. The molecule has 2 aromatic heterocycles. The van der Waals surface area contributed by atoms with Crippen LogP contribution in [0.4, 0.5) is 5.95 Å². The Balaban J connectivity index is 1.96. The molecule has 0 saturated carbocycles. The van der Waals surface area contributed by atoms with Gasteiger partial charge in [0.25, 0.3) is 0 Å². The predicted octanol–water partition coefficient (Wildman–Crippen LogP) is 3.22. The fourth-order valence-electron chi connectivity index (χ4n) is 1.15. The van der Waals surface area contributed by atoms with E-state index in [0.717, 1.165) is 11.0 Å². The molecular formula is C10H10BrN3S. The summed E-state index contributed by atoms with van der Waals surface area (Å²) in [6.07, 6.45) is 3.46. The quantitative estimate of drug-likeness (QED) is 0.940. The van der Waals surface area contributed by atoms with Gasteiger partial charge in [0.15, 0.2) is 0 Å². The number of hydrogen-bond donors (Lipinski definition) is 1. The largest absolute Gasteiger partial charge is 0.349 e. The second kappa shape index (κ2) is 4.72. The Hall–Kier alpha value is -0.940. The lowest BCUT2D eigenvalue weighted by Gasteiger charge is -2.01. The molecule has 0 spiro atoms. The molecule has 0 atom stereocenters. The summed E-state index contributed by atoms with van der Waals surface area (Å²) < 4.78 is 0.889. The third-order valence-electron chi connectivity index (χ3n) is 1.84. The van der Waals surface area contributed by atoms with Crippen molar-refractivity contribution in [3.63, 3.8) is 0 Å². The first-order chi connectivity index (χ1) is 7.24. The van der Waals surface area contributed by atoms with Crippen LogP contribution in [0.2, 0.25) is 0 Å². The minimum Gasteiger partial charge on any atom is -0.349 e. The van der Waals surface area contributed by atoms with Crippen LogP contribution in [0.3, 0.4) is 0 Å². The van der Waals surface area contributed by atoms with E-state index in [1.807, 2.05) is 0 Å². The van der Waals surface area contributed by atoms with Crippen LogP contribution in [0.1, 0.15) is 9.75 Å². The molecule has 0 saturated heterocycles. The summed E-state index contributed by atoms with van der Waals surface area (Å²) in [6.45, 7) is 2.88. The number of nitrogens with zero attached hydrogens (tertiary/aromatic N) is 2. The number of anilines is 1. The molecule has 3 nitrogen and oxygen atoms in total. The first-order valence-electron chi connectivity index (χ1n) is 4.51. The first kappa shape index (κ1) is 10.6. The Kier molecular flexibility index (Phi) is 3.33. The van der Waals surface area contributed by atoms with Gasteiger partial charge >= 0.3 is 0 Å². The summed E-state index contributed by atoms with van der Waals surface area (Å²) in [5, 5.41) is 3.17. The Morgan fingerprint density at radius 2 is 2.07 bits per heavy atom. The molecule has 0 bridgehead atoms. The highest BCUT2D eigenvalue weighted by molar-refractivity contribution is 9.10. The molecule has 15 heavy (non-hydrogen) atoms. The average molecular weight is 284 g/mol. The third kappa shape index (κ3) is 3.00. The maximum atomic E-state index is 4.14. The van der Waals surface area contributed by atoms with Crippen molar-refractivity contribution in [2.75, 3.05) is 5.32 Å². The van der Waals surface area contributed by atoms with Gasteiger partial charge in [-0.2, -0.15) is 0 Å². The van der Waals surface area contributed by atoms with E-state index in [1.54, 1.807) is 23.7 Å². The van der Waals surface area contributed by atoms with Crippen LogP contribution >= 0.6 is 27.3 Å². The van der Waals surface area contributed by atoms with Crippen molar-refractivity contribution in [3.05, 3.63) is 38.8 Å². The smallest absolute Gasteiger partial charge is 0.222 e. The fraction of sp³-hybridized carbons (Fsp3) is 0.200. The monoisotopic (exact) mass is 283 g/mol. The molecule has 1 N–H and O–H groups in total. The van der Waals surface area contributed by atoms with Crippen molar-refractivity contribution in [2.24, 2.45) is 0 Å². The zero-order valence-electron chi connectivity index (χ0n) is 8.20. The van der Waals surface area contributed by atoms with Gasteiger partial charge in [-0.3, -0.25) is 0 Å². The zero-order chi connectivity index (χ0) is 10.7. The van der Waals surface area contributed by atoms with Gasteiger partial charge in [0, 0.05) is 22.1 Å². The van der Waals surface area contributed by atoms with Crippen molar-refractivity contribution in [3.8, 4) is 0 Å². The van der Waals surface area contributed by atoms with Gasteiger partial charge in [0.1, 0.15) is 0 Å². The standard InChI is InChI=1S/C10H10BrN3S/c1-7-2-3-9(15-7)6-14-10-12-4-8(11)5-13-10/h2-5H,6H2,1H3,(H,12,13,14). The molecule has 0 unspecified atom stereocenters. The molecular weight excluding hydrogens is 274 g/mol.